The van der Waals surface area contributed by atoms with Crippen molar-refractivity contribution in [2.24, 2.45) is 7.05 Å². The van der Waals surface area contributed by atoms with Crippen molar-refractivity contribution in [1.29, 1.82) is 0 Å². The van der Waals surface area contributed by atoms with Gasteiger partial charge in [0.05, 0.1) is 15.4 Å². The van der Waals surface area contributed by atoms with Gasteiger partial charge in [-0.15, -0.1) is 11.3 Å². The summed E-state index contributed by atoms with van der Waals surface area (Å²) in [6.45, 7) is 3.15. The number of hydrogen-bond donors (Lipinski definition) is 1. The molecule has 7 nitrogen and oxygen atoms in total. The van der Waals surface area contributed by atoms with Crippen molar-refractivity contribution in [1.82, 2.24) is 25.0 Å². The molecular weight excluding hydrogens is 482 g/mol. The van der Waals surface area contributed by atoms with Crippen LogP contribution in [0.5, 0.6) is 0 Å². The van der Waals surface area contributed by atoms with Gasteiger partial charge in [-0.1, -0.05) is 48.0 Å². The second-order valence-electron chi connectivity index (χ2n) is 10.2. The first-order chi connectivity index (χ1) is 18.0. The number of nitrogens with one attached hydrogen (secondary N) is 1. The van der Waals surface area contributed by atoms with Crippen molar-refractivity contribution in [3.63, 3.8) is 0 Å². The maximum atomic E-state index is 14.0. The van der Waals surface area contributed by atoms with Crippen LogP contribution in [0.25, 0.3) is 21.3 Å². The van der Waals surface area contributed by atoms with Gasteiger partial charge < -0.3 is 10.2 Å². The van der Waals surface area contributed by atoms with E-state index >= 15 is 0 Å². The Morgan fingerprint density at radius 3 is 2.70 bits per heavy atom. The van der Waals surface area contributed by atoms with Crippen molar-refractivity contribution >= 4 is 34.1 Å². The Morgan fingerprint density at radius 1 is 1.05 bits per heavy atom. The van der Waals surface area contributed by atoms with E-state index in [-0.39, 0.29) is 17.9 Å². The molecule has 0 bridgehead atoms. The summed E-state index contributed by atoms with van der Waals surface area (Å²) in [4.78, 5) is 34.9. The number of benzene rings is 2. The average Bonchev–Trinajstić information content (AvgIpc) is 3.58. The predicted octanol–water partition coefficient (Wildman–Crippen LogP) is 5.31. The number of aromatic nitrogens is 3. The normalized spacial score (nSPS) is 17.8. The number of aryl methyl sites for hydroxylation is 2. The van der Waals surface area contributed by atoms with Crippen LogP contribution in [-0.2, 0) is 7.05 Å². The van der Waals surface area contributed by atoms with Crippen LogP contribution in [-0.4, -0.2) is 50.6 Å². The molecule has 0 radical (unpaired) electrons. The highest BCUT2D eigenvalue weighted by Crippen LogP contribution is 2.45. The number of rotatable bonds is 6. The van der Waals surface area contributed by atoms with E-state index in [1.807, 2.05) is 42.3 Å². The van der Waals surface area contributed by atoms with Crippen LogP contribution in [0, 0.1) is 6.92 Å². The second kappa shape index (κ2) is 9.74. The van der Waals surface area contributed by atoms with Gasteiger partial charge in [-0.2, -0.15) is 5.10 Å². The first-order valence-electron chi connectivity index (χ1n) is 13.1. The molecule has 2 aromatic heterocycles. The molecule has 0 unspecified atom stereocenters. The van der Waals surface area contributed by atoms with Crippen LogP contribution in [0.1, 0.15) is 69.6 Å². The van der Waals surface area contributed by atoms with Crippen LogP contribution in [0.15, 0.2) is 48.5 Å². The van der Waals surface area contributed by atoms with E-state index in [0.717, 1.165) is 64.0 Å². The quantitative estimate of drug-likeness (QED) is 0.379. The van der Waals surface area contributed by atoms with Crippen LogP contribution in [0.3, 0.4) is 0 Å². The smallest absolute Gasteiger partial charge is 0.274 e. The SMILES string of the molecule is Cc1cccc(-c2sc(C3CC3)nc2C(=O)N2CCCC[C@H]2CNC(=O)c2nn(C)c3ccccc23)c1. The molecule has 4 aromatic rings. The number of carbonyl (C=O) groups excluding carboxylic acids is 2. The van der Waals surface area contributed by atoms with Gasteiger partial charge in [-0.3, -0.25) is 14.3 Å². The molecule has 8 heteroatoms. The lowest BCUT2D eigenvalue weighted by Gasteiger charge is -2.35. The van der Waals surface area contributed by atoms with Gasteiger partial charge in [0.15, 0.2) is 5.69 Å². The summed E-state index contributed by atoms with van der Waals surface area (Å²) in [6, 6.07) is 16.0. The number of para-hydroxylation sites is 1. The topological polar surface area (TPSA) is 80.1 Å². The van der Waals surface area contributed by atoms with Crippen LogP contribution in [0.4, 0.5) is 0 Å². The third-order valence-electron chi connectivity index (χ3n) is 7.41. The molecule has 2 fully saturated rings. The summed E-state index contributed by atoms with van der Waals surface area (Å²) < 4.78 is 1.73. The Morgan fingerprint density at radius 2 is 1.89 bits per heavy atom. The minimum absolute atomic E-state index is 0.0260. The summed E-state index contributed by atoms with van der Waals surface area (Å²) in [5.41, 5.74) is 4.11. The fraction of sp³-hybridized carbons (Fsp3) is 0.379. The summed E-state index contributed by atoms with van der Waals surface area (Å²) in [6.07, 6.45) is 5.14. The lowest BCUT2D eigenvalue weighted by atomic mass is 10.0. The number of carbonyl (C=O) groups is 2. The van der Waals surface area contributed by atoms with Crippen molar-refractivity contribution in [3.8, 4) is 10.4 Å². The Balaban J connectivity index is 1.24. The van der Waals surface area contributed by atoms with E-state index in [0.29, 0.717) is 30.4 Å². The number of nitrogens with zero attached hydrogens (tertiary/aromatic N) is 4. The van der Waals surface area contributed by atoms with E-state index in [4.69, 9.17) is 4.98 Å². The summed E-state index contributed by atoms with van der Waals surface area (Å²) in [7, 11) is 1.84. The lowest BCUT2D eigenvalue weighted by Crippen LogP contribution is -2.49. The minimum Gasteiger partial charge on any atom is -0.349 e. The largest absolute Gasteiger partial charge is 0.349 e. The standard InChI is InChI=1S/C29H31N5O2S/c1-18-8-7-9-20(16-18)26-25(31-28(37-26)19-13-14-19)29(36)34-15-6-5-10-21(34)17-30-27(35)24-22-11-3-4-12-23(22)33(2)32-24/h3-4,7-9,11-12,16,19,21H,5-6,10,13-15,17H2,1-2H3,(H,30,35)/t21-/m0/s1. The number of amides is 2. The first kappa shape index (κ1) is 23.9. The van der Waals surface area contributed by atoms with E-state index in [1.165, 1.54) is 0 Å². The van der Waals surface area contributed by atoms with Gasteiger partial charge in [0.25, 0.3) is 11.8 Å². The van der Waals surface area contributed by atoms with Gasteiger partial charge in [-0.25, -0.2) is 4.98 Å². The molecule has 1 atom stereocenters. The third kappa shape index (κ3) is 4.66. The number of thiazole rings is 1. The number of piperidine rings is 1. The highest BCUT2D eigenvalue weighted by Gasteiger charge is 2.34. The molecular formula is C29H31N5O2S. The monoisotopic (exact) mass is 513 g/mol. The molecule has 0 spiro atoms. The molecule has 2 aliphatic rings. The Labute approximate surface area is 220 Å². The zero-order chi connectivity index (χ0) is 25.5. The third-order valence-corrected chi connectivity index (χ3v) is 8.68. The molecule has 1 N–H and O–H groups in total. The number of fused-ring (bicyclic) bond motifs is 1. The zero-order valence-corrected chi connectivity index (χ0v) is 22.1. The fourth-order valence-corrected chi connectivity index (χ4v) is 6.48. The van der Waals surface area contributed by atoms with Gasteiger partial charge in [0, 0.05) is 37.5 Å². The van der Waals surface area contributed by atoms with Crippen LogP contribution >= 0.6 is 11.3 Å². The van der Waals surface area contributed by atoms with E-state index < -0.39 is 0 Å². The molecule has 37 heavy (non-hydrogen) atoms. The van der Waals surface area contributed by atoms with Crippen LogP contribution < -0.4 is 5.32 Å². The highest BCUT2D eigenvalue weighted by molar-refractivity contribution is 7.15. The second-order valence-corrected chi connectivity index (χ2v) is 11.3. The predicted molar refractivity (Wildman–Crippen MR) is 146 cm³/mol. The molecule has 2 amide bonds. The Kier molecular flexibility index (Phi) is 6.28. The summed E-state index contributed by atoms with van der Waals surface area (Å²) in [5.74, 6) is 0.251. The number of likely N-dealkylation sites (tertiary alicyclic amines) is 1. The fourth-order valence-electron chi connectivity index (χ4n) is 5.26. The minimum atomic E-state index is -0.208. The maximum Gasteiger partial charge on any atom is 0.274 e. The van der Waals surface area contributed by atoms with E-state index in [1.54, 1.807) is 16.0 Å². The first-order valence-corrected chi connectivity index (χ1v) is 13.9. The lowest BCUT2D eigenvalue weighted by molar-refractivity contribution is 0.0598. The van der Waals surface area contributed by atoms with Gasteiger partial charge >= 0.3 is 0 Å². The van der Waals surface area contributed by atoms with Crippen LogP contribution in [0.2, 0.25) is 0 Å². The summed E-state index contributed by atoms with van der Waals surface area (Å²) in [5, 5.41) is 9.42. The average molecular weight is 514 g/mol. The molecule has 6 rings (SSSR count). The highest BCUT2D eigenvalue weighted by atomic mass is 32.1. The van der Waals surface area contributed by atoms with E-state index in [9.17, 15) is 9.59 Å². The van der Waals surface area contributed by atoms with E-state index in [2.05, 4.69) is 35.5 Å². The van der Waals surface area contributed by atoms with Gasteiger partial charge in [-0.05, 0) is 50.7 Å². The molecule has 190 valence electrons. The number of hydrogen-bond acceptors (Lipinski definition) is 5. The Hall–Kier alpha value is -3.52. The van der Waals surface area contributed by atoms with Crippen molar-refractivity contribution < 1.29 is 9.59 Å². The maximum absolute atomic E-state index is 14.0. The summed E-state index contributed by atoms with van der Waals surface area (Å²) >= 11 is 1.67. The zero-order valence-electron chi connectivity index (χ0n) is 21.2. The van der Waals surface area contributed by atoms with Crippen molar-refractivity contribution in [3.05, 3.63) is 70.5 Å². The van der Waals surface area contributed by atoms with Gasteiger partial charge in [0.1, 0.15) is 5.69 Å². The molecule has 3 heterocycles. The Bertz CT molecular complexity index is 1480. The van der Waals surface area contributed by atoms with Gasteiger partial charge in [0.2, 0.25) is 0 Å². The molecule has 1 saturated heterocycles. The molecule has 1 aliphatic carbocycles. The molecule has 2 aromatic carbocycles. The molecule has 1 saturated carbocycles. The van der Waals surface area contributed by atoms with Crippen molar-refractivity contribution in [2.75, 3.05) is 13.1 Å². The van der Waals surface area contributed by atoms with Crippen molar-refractivity contribution in [2.45, 2.75) is 51.0 Å². The molecule has 1 aliphatic heterocycles.